The third-order valence-corrected chi connectivity index (χ3v) is 13.8. The van der Waals surface area contributed by atoms with Crippen LogP contribution < -0.4 is 0 Å². The average Bonchev–Trinajstić information content (AvgIpc) is 3.38. The van der Waals surface area contributed by atoms with E-state index in [2.05, 4.69) is 83.7 Å². The van der Waals surface area contributed by atoms with Crippen LogP contribution in [0.1, 0.15) is 232 Å². The highest BCUT2D eigenvalue weighted by atomic mass is 31.2. The summed E-state index contributed by atoms with van der Waals surface area (Å²) in [5.41, 5.74) is 0. The van der Waals surface area contributed by atoms with E-state index in [-0.39, 0.29) is 12.8 Å². The zero-order chi connectivity index (χ0) is 54.5. The molecule has 5 atom stereocenters. The second kappa shape index (κ2) is 52.8. The summed E-state index contributed by atoms with van der Waals surface area (Å²) in [6.45, 7) is 0.400. The van der Waals surface area contributed by atoms with Gasteiger partial charge >= 0.3 is 27.6 Å². The van der Waals surface area contributed by atoms with Gasteiger partial charge in [0, 0.05) is 12.8 Å². The Balaban J connectivity index is 3.84. The van der Waals surface area contributed by atoms with Gasteiger partial charge in [-0.25, -0.2) is 9.13 Å². The Labute approximate surface area is 448 Å². The number of phosphoric ester groups is 2. The molecular formula is C57H104O15P2. The average molecular weight is 1090 g/mol. The van der Waals surface area contributed by atoms with E-state index in [0.29, 0.717) is 12.8 Å². The van der Waals surface area contributed by atoms with Crippen LogP contribution >= 0.6 is 15.6 Å². The van der Waals surface area contributed by atoms with Crippen LogP contribution in [-0.4, -0.2) is 95.0 Å². The van der Waals surface area contributed by atoms with Gasteiger partial charge in [0.25, 0.3) is 0 Å². The standard InChI is InChI=1S/C57H104O15P2/c1-3-5-7-9-11-13-15-17-19-21-23-25-27-29-31-33-35-37-39-41-43-45-56(61)67-47-53(58)49-69-73(63,64)71-51-55(60)52-72-74(65,66)70-50-54(59)48-68-57(62)46-44-42-40-38-36-34-32-30-28-26-24-22-20-18-16-14-12-10-8-6-4-2/h11,13,17-20,23,25,29,31,53-55,58-60H,3-10,12,14-16,21-22,24,26-28,30,32-52H2,1-2H3,(H,63,64)(H,65,66)/b13-11-,19-17-,20-18+,25-23-,31-29-. The lowest BCUT2D eigenvalue weighted by molar-refractivity contribution is -0.148. The van der Waals surface area contributed by atoms with Gasteiger partial charge in [0.15, 0.2) is 0 Å². The Morgan fingerprint density at radius 3 is 0.905 bits per heavy atom. The molecule has 0 aromatic heterocycles. The molecule has 0 aliphatic carbocycles. The Morgan fingerprint density at radius 1 is 0.351 bits per heavy atom. The highest BCUT2D eigenvalue weighted by Crippen LogP contribution is 2.45. The fourth-order valence-corrected chi connectivity index (χ4v) is 9.08. The zero-order valence-corrected chi connectivity index (χ0v) is 47.8. The predicted octanol–water partition coefficient (Wildman–Crippen LogP) is 14.5. The first kappa shape index (κ1) is 71.7. The highest BCUT2D eigenvalue weighted by molar-refractivity contribution is 7.47. The first-order valence-corrected chi connectivity index (χ1v) is 31.6. The van der Waals surface area contributed by atoms with Gasteiger partial charge in [0.1, 0.15) is 31.5 Å². The van der Waals surface area contributed by atoms with E-state index in [0.717, 1.165) is 70.6 Å². The van der Waals surface area contributed by atoms with E-state index in [1.54, 1.807) is 0 Å². The van der Waals surface area contributed by atoms with Gasteiger partial charge in [-0.1, -0.05) is 197 Å². The fraction of sp³-hybridized carbons (Fsp3) is 0.789. The summed E-state index contributed by atoms with van der Waals surface area (Å²) >= 11 is 0. The number of hydrogen-bond donors (Lipinski definition) is 5. The lowest BCUT2D eigenvalue weighted by Gasteiger charge is -2.19. The van der Waals surface area contributed by atoms with Crippen molar-refractivity contribution in [3.8, 4) is 0 Å². The van der Waals surface area contributed by atoms with Crippen molar-refractivity contribution in [3.05, 3.63) is 60.8 Å². The topological polar surface area (TPSA) is 225 Å². The molecule has 0 fully saturated rings. The monoisotopic (exact) mass is 1090 g/mol. The number of unbranched alkanes of at least 4 members (excludes halogenated alkanes) is 25. The molecular weight excluding hydrogens is 987 g/mol. The molecule has 0 heterocycles. The van der Waals surface area contributed by atoms with E-state index in [1.165, 1.54) is 122 Å². The number of esters is 2. The minimum atomic E-state index is -4.80. The van der Waals surface area contributed by atoms with Crippen molar-refractivity contribution in [2.75, 3.05) is 39.6 Å². The first-order valence-electron chi connectivity index (χ1n) is 28.6. The molecule has 0 saturated carbocycles. The van der Waals surface area contributed by atoms with Gasteiger partial charge in [-0.05, 0) is 83.5 Å². The third-order valence-electron chi connectivity index (χ3n) is 11.9. The van der Waals surface area contributed by atoms with Gasteiger partial charge in [0.2, 0.25) is 0 Å². The molecule has 15 nitrogen and oxygen atoms in total. The molecule has 0 aliphatic rings. The number of carbonyl (C=O) groups is 2. The molecule has 0 aliphatic heterocycles. The minimum Gasteiger partial charge on any atom is -0.463 e. The van der Waals surface area contributed by atoms with Crippen LogP contribution in [0.5, 0.6) is 0 Å². The maximum Gasteiger partial charge on any atom is 0.472 e. The van der Waals surface area contributed by atoms with Crippen LogP contribution in [0.2, 0.25) is 0 Å². The van der Waals surface area contributed by atoms with Crippen LogP contribution in [-0.2, 0) is 46.3 Å². The molecule has 0 spiro atoms. The van der Waals surface area contributed by atoms with Crippen molar-refractivity contribution in [1.82, 2.24) is 0 Å². The zero-order valence-electron chi connectivity index (χ0n) is 46.0. The second-order valence-corrected chi connectivity index (χ2v) is 22.2. The predicted molar refractivity (Wildman–Crippen MR) is 297 cm³/mol. The highest BCUT2D eigenvalue weighted by Gasteiger charge is 2.28. The van der Waals surface area contributed by atoms with E-state index in [4.69, 9.17) is 18.5 Å². The Bertz CT molecular complexity index is 1550. The van der Waals surface area contributed by atoms with Crippen LogP contribution in [0, 0.1) is 0 Å². The number of ether oxygens (including phenoxy) is 2. The van der Waals surface area contributed by atoms with Crippen LogP contribution in [0.25, 0.3) is 0 Å². The van der Waals surface area contributed by atoms with E-state index in [1.807, 2.05) is 0 Å². The maximum atomic E-state index is 12.2. The van der Waals surface area contributed by atoms with Crippen molar-refractivity contribution in [2.45, 2.75) is 250 Å². The first-order chi connectivity index (χ1) is 35.8. The molecule has 0 rings (SSSR count). The summed E-state index contributed by atoms with van der Waals surface area (Å²) in [5, 5.41) is 30.2. The van der Waals surface area contributed by atoms with Crippen molar-refractivity contribution >= 4 is 27.6 Å². The van der Waals surface area contributed by atoms with E-state index >= 15 is 0 Å². The molecule has 17 heteroatoms. The molecule has 0 radical (unpaired) electrons. The smallest absolute Gasteiger partial charge is 0.463 e. The fourth-order valence-electron chi connectivity index (χ4n) is 7.49. The molecule has 0 saturated heterocycles. The van der Waals surface area contributed by atoms with Gasteiger partial charge < -0.3 is 34.6 Å². The molecule has 74 heavy (non-hydrogen) atoms. The van der Waals surface area contributed by atoms with Crippen LogP contribution in [0.4, 0.5) is 0 Å². The van der Waals surface area contributed by atoms with Crippen molar-refractivity contribution in [2.24, 2.45) is 0 Å². The third kappa shape index (κ3) is 54.5. The largest absolute Gasteiger partial charge is 0.472 e. The molecule has 0 bridgehead atoms. The number of phosphoric acid groups is 2. The van der Waals surface area contributed by atoms with Gasteiger partial charge in [-0.3, -0.25) is 27.7 Å². The number of carbonyl (C=O) groups excluding carboxylic acids is 2. The lowest BCUT2D eigenvalue weighted by Crippen LogP contribution is -2.25. The number of hydrogen-bond acceptors (Lipinski definition) is 13. The maximum absolute atomic E-state index is 12.2. The summed E-state index contributed by atoms with van der Waals surface area (Å²) in [6.07, 6.45) is 54.8. The molecule has 0 aromatic rings. The molecule has 5 N–H and O–H groups in total. The Hall–Kier alpha value is -2.26. The summed E-state index contributed by atoms with van der Waals surface area (Å²) in [7, 11) is -9.59. The number of allylic oxidation sites excluding steroid dienone is 10. The molecule has 0 aromatic carbocycles. The number of rotatable bonds is 55. The molecule has 5 unspecified atom stereocenters. The number of aliphatic hydroxyl groups is 3. The summed E-state index contributed by atoms with van der Waals surface area (Å²) in [6, 6.07) is 0. The van der Waals surface area contributed by atoms with Crippen LogP contribution in [0.3, 0.4) is 0 Å². The number of aliphatic hydroxyl groups excluding tert-OH is 3. The van der Waals surface area contributed by atoms with Gasteiger partial charge in [0.05, 0.1) is 26.4 Å². The minimum absolute atomic E-state index is 0.174. The summed E-state index contributed by atoms with van der Waals surface area (Å²) < 4.78 is 53.2. The van der Waals surface area contributed by atoms with Gasteiger partial charge in [-0.15, -0.1) is 0 Å². The van der Waals surface area contributed by atoms with Crippen molar-refractivity contribution in [3.63, 3.8) is 0 Å². The molecule has 432 valence electrons. The summed E-state index contributed by atoms with van der Waals surface area (Å²) in [4.78, 5) is 44.0. The summed E-state index contributed by atoms with van der Waals surface area (Å²) in [5.74, 6) is -1.01. The van der Waals surface area contributed by atoms with Crippen molar-refractivity contribution in [1.29, 1.82) is 0 Å². The normalized spacial score (nSPS) is 15.2. The van der Waals surface area contributed by atoms with Crippen molar-refractivity contribution < 1.29 is 71.4 Å². The van der Waals surface area contributed by atoms with Gasteiger partial charge in [-0.2, -0.15) is 0 Å². The van der Waals surface area contributed by atoms with Crippen LogP contribution in [0.15, 0.2) is 60.8 Å². The Morgan fingerprint density at radius 2 is 0.581 bits per heavy atom. The van der Waals surface area contributed by atoms with E-state index in [9.17, 15) is 43.8 Å². The molecule has 0 amide bonds. The SMILES string of the molecule is CCCCC/C=C\C/C=C\C/C=C\C/C=C\CCCCCCCC(=O)OCC(O)COP(=O)(O)OCC(O)COP(=O)(O)OCC(O)COC(=O)CCCCCCCCCCCCC/C=C/CCCCCCCC. The Kier molecular flexibility index (Phi) is 51.2. The van der Waals surface area contributed by atoms with E-state index < -0.39 is 85.5 Å². The quantitative estimate of drug-likeness (QED) is 0.0165. The second-order valence-electron chi connectivity index (χ2n) is 19.3. The lowest BCUT2D eigenvalue weighted by atomic mass is 10.0.